The van der Waals surface area contributed by atoms with Gasteiger partial charge in [0, 0.05) is 0 Å². The summed E-state index contributed by atoms with van der Waals surface area (Å²) in [4.78, 5) is 0. The van der Waals surface area contributed by atoms with E-state index in [0.29, 0.717) is 0 Å². The van der Waals surface area contributed by atoms with E-state index in [1.54, 1.807) is 16.9 Å². The van der Waals surface area contributed by atoms with Gasteiger partial charge in [-0.1, -0.05) is 0 Å². The van der Waals surface area contributed by atoms with Crippen molar-refractivity contribution in [1.29, 1.82) is 0 Å². The molecule has 0 saturated heterocycles. The van der Waals surface area contributed by atoms with Gasteiger partial charge >= 0.3 is 41.1 Å². The van der Waals surface area contributed by atoms with Crippen LogP contribution < -0.4 is 0 Å². The van der Waals surface area contributed by atoms with E-state index >= 15 is 0 Å². The first-order valence-corrected chi connectivity index (χ1v) is 3.44. The Morgan fingerprint density at radius 2 is 2.40 bits per heavy atom. The zero-order chi connectivity index (χ0) is 4.12. The van der Waals surface area contributed by atoms with Crippen molar-refractivity contribution in [1.82, 2.24) is 0 Å². The molecule has 0 nitrogen and oxygen atoms in total. The second kappa shape index (κ2) is 4.30. The fourth-order valence-electron chi connectivity index (χ4n) is 0.136. The van der Waals surface area contributed by atoms with E-state index in [4.69, 9.17) is 0 Å². The molecule has 0 heterocycles. The minimum atomic E-state index is 1.23. The fraction of sp³-hybridized carbons (Fsp3) is 0.500. The van der Waals surface area contributed by atoms with Crippen LogP contribution in [0.3, 0.4) is 0 Å². The van der Waals surface area contributed by atoms with Gasteiger partial charge < -0.3 is 0 Å². The van der Waals surface area contributed by atoms with Crippen LogP contribution in [0.5, 0.6) is 0 Å². The molecule has 0 aromatic heterocycles. The second-order valence-corrected chi connectivity index (χ2v) is 1.79. The van der Waals surface area contributed by atoms with Crippen molar-refractivity contribution in [2.45, 2.75) is 12.1 Å². The zero-order valence-corrected chi connectivity index (χ0v) is 5.86. The molecule has 0 N–H and O–H groups in total. The minimum absolute atomic E-state index is 1.23. The van der Waals surface area contributed by atoms with E-state index in [-0.39, 0.29) is 0 Å². The van der Waals surface area contributed by atoms with Crippen molar-refractivity contribution in [3.8, 4) is 0 Å². The van der Waals surface area contributed by atoms with Crippen molar-refractivity contribution in [2.24, 2.45) is 0 Å². The Balaban J connectivity index is 2.62. The molecule has 0 aromatic carbocycles. The molecular weight excluding hydrogens is 123 g/mol. The Morgan fingerprint density at radius 3 is 2.40 bits per heavy atom. The van der Waals surface area contributed by atoms with Crippen LogP contribution in [0.2, 0.25) is 5.21 Å². The molecule has 0 fully saturated rings. The van der Waals surface area contributed by atoms with Gasteiger partial charge in [0.1, 0.15) is 0 Å². The van der Waals surface area contributed by atoms with E-state index in [2.05, 4.69) is 12.2 Å². The van der Waals surface area contributed by atoms with Gasteiger partial charge in [-0.15, -0.1) is 0 Å². The number of hydrogen-bond donors (Lipinski definition) is 0. The molecule has 5 heavy (non-hydrogen) atoms. The summed E-state index contributed by atoms with van der Waals surface area (Å²) in [5.41, 5.74) is 0. The van der Waals surface area contributed by atoms with Crippen molar-refractivity contribution >= 4 is 16.9 Å². The molecule has 0 radical (unpaired) electrons. The van der Waals surface area contributed by atoms with E-state index in [0.717, 1.165) is 0 Å². The maximum absolute atomic E-state index is 2.15. The van der Waals surface area contributed by atoms with Crippen LogP contribution in [0.25, 0.3) is 0 Å². The van der Waals surface area contributed by atoms with Crippen LogP contribution in [-0.2, 0) is 0 Å². The van der Waals surface area contributed by atoms with Gasteiger partial charge in [0.05, 0.1) is 0 Å². The van der Waals surface area contributed by atoms with E-state index in [9.17, 15) is 0 Å². The van der Waals surface area contributed by atoms with Gasteiger partial charge in [-0.25, -0.2) is 0 Å². The zero-order valence-electron chi connectivity index (χ0n) is 3.44. The van der Waals surface area contributed by atoms with Gasteiger partial charge in [0.2, 0.25) is 0 Å². The number of rotatable bonds is 1. The average Bonchev–Trinajstić information content (AvgIpc) is 1.41. The van der Waals surface area contributed by atoms with Gasteiger partial charge in [0.15, 0.2) is 0 Å². The molecule has 0 aliphatic carbocycles. The van der Waals surface area contributed by atoms with Crippen LogP contribution in [0.15, 0.2) is 12.2 Å². The van der Waals surface area contributed by atoms with Gasteiger partial charge in [-0.2, -0.15) is 0 Å². The van der Waals surface area contributed by atoms with Crippen LogP contribution in [0.1, 0.15) is 6.92 Å². The monoisotopic (exact) mass is 132 g/mol. The third-order valence-corrected chi connectivity index (χ3v) is 0.943. The predicted octanol–water partition coefficient (Wildman–Crippen LogP) is 0.614. The summed E-state index contributed by atoms with van der Waals surface area (Å²) < 4.78 is 0. The second-order valence-electron chi connectivity index (χ2n) is 0.805. The first-order chi connectivity index (χ1) is 2.41. The molecule has 0 aliphatic rings. The van der Waals surface area contributed by atoms with E-state index < -0.39 is 0 Å². The van der Waals surface area contributed by atoms with Crippen LogP contribution in [-0.4, -0.2) is 16.9 Å². The quantitative estimate of drug-likeness (QED) is 0.362. The molecule has 0 rings (SSSR count). The first-order valence-electron chi connectivity index (χ1n) is 1.73. The summed E-state index contributed by atoms with van der Waals surface area (Å²) in [5.74, 6) is 0. The molecular formula is C4H9As. The molecule has 0 saturated carbocycles. The summed E-state index contributed by atoms with van der Waals surface area (Å²) in [5, 5.41) is 1.23. The molecule has 30 valence electrons. The van der Waals surface area contributed by atoms with Crippen LogP contribution in [0.4, 0.5) is 0 Å². The fourth-order valence-corrected chi connectivity index (χ4v) is 0.707. The Kier molecular flexibility index (Phi) is 4.56. The molecule has 0 aromatic rings. The third kappa shape index (κ3) is 4.30. The van der Waals surface area contributed by atoms with E-state index in [1.165, 1.54) is 5.21 Å². The molecule has 0 bridgehead atoms. The summed E-state index contributed by atoms with van der Waals surface area (Å²) in [6.07, 6.45) is 4.22. The Bertz CT molecular complexity index is 30.6. The topological polar surface area (TPSA) is 0 Å². The molecule has 1 unspecified atom stereocenters. The van der Waals surface area contributed by atoms with Gasteiger partial charge in [-0.05, 0) is 0 Å². The molecule has 0 aliphatic heterocycles. The Labute approximate surface area is 41.8 Å². The summed E-state index contributed by atoms with van der Waals surface area (Å²) in [7, 11) is 0. The number of allylic oxidation sites excluding steroid dienone is 2. The average molecular weight is 132 g/mol. The predicted molar refractivity (Wildman–Crippen MR) is 28.2 cm³/mol. The van der Waals surface area contributed by atoms with Crippen LogP contribution >= 0.6 is 0 Å². The Hall–Kier alpha value is 0.298. The van der Waals surface area contributed by atoms with Crippen molar-refractivity contribution in [3.63, 3.8) is 0 Å². The first kappa shape index (κ1) is 5.30. The third-order valence-electron chi connectivity index (χ3n) is 0.372. The summed E-state index contributed by atoms with van der Waals surface area (Å²) in [6.45, 7) is 2.04. The van der Waals surface area contributed by atoms with Gasteiger partial charge in [-0.3, -0.25) is 0 Å². The van der Waals surface area contributed by atoms with Crippen molar-refractivity contribution in [2.75, 3.05) is 0 Å². The molecule has 1 atom stereocenters. The summed E-state index contributed by atoms with van der Waals surface area (Å²) >= 11 is 1.76. The summed E-state index contributed by atoms with van der Waals surface area (Å²) in [6, 6.07) is 0. The Morgan fingerprint density at radius 1 is 1.80 bits per heavy atom. The molecule has 0 spiro atoms. The van der Waals surface area contributed by atoms with Crippen molar-refractivity contribution < 1.29 is 0 Å². The van der Waals surface area contributed by atoms with Gasteiger partial charge in [0.25, 0.3) is 0 Å². The SMILES string of the molecule is CC=CC[AsH2]. The molecule has 0 amide bonds. The maximum atomic E-state index is 2.15. The standard InChI is InChI=1S/C4H9As/c1-2-3-4-5/h2-3H,4-5H2,1H3. The van der Waals surface area contributed by atoms with Crippen LogP contribution in [0, 0.1) is 0 Å². The van der Waals surface area contributed by atoms with Crippen molar-refractivity contribution in [3.05, 3.63) is 12.2 Å². The van der Waals surface area contributed by atoms with E-state index in [1.807, 2.05) is 6.92 Å². The number of hydrogen-bond acceptors (Lipinski definition) is 0. The normalized spacial score (nSPS) is 10.0. The molecule has 1 heteroatoms.